The first kappa shape index (κ1) is 17.1. The second kappa shape index (κ2) is 7.43. The van der Waals surface area contributed by atoms with E-state index < -0.39 is 5.97 Å². The van der Waals surface area contributed by atoms with Crippen molar-refractivity contribution < 1.29 is 19.1 Å². The van der Waals surface area contributed by atoms with E-state index in [9.17, 15) is 14.4 Å². The van der Waals surface area contributed by atoms with Gasteiger partial charge < -0.3 is 9.64 Å². The number of esters is 1. The summed E-state index contributed by atoms with van der Waals surface area (Å²) < 4.78 is 4.61. The van der Waals surface area contributed by atoms with Crippen molar-refractivity contribution in [1.29, 1.82) is 0 Å². The summed E-state index contributed by atoms with van der Waals surface area (Å²) in [7, 11) is 1.29. The number of likely N-dealkylation sites (tertiary alicyclic amines) is 1. The summed E-state index contributed by atoms with van der Waals surface area (Å²) in [6, 6.07) is 7.13. The lowest BCUT2D eigenvalue weighted by molar-refractivity contribution is -0.128. The lowest BCUT2D eigenvalue weighted by atomic mass is 10.1. The number of hydrogen-bond acceptors (Lipinski definition) is 6. The second-order valence-electron chi connectivity index (χ2n) is 5.59. The van der Waals surface area contributed by atoms with Crippen molar-refractivity contribution in [1.82, 2.24) is 9.88 Å². The molecule has 25 heavy (non-hydrogen) atoms. The Morgan fingerprint density at radius 1 is 1.40 bits per heavy atom. The summed E-state index contributed by atoms with van der Waals surface area (Å²) in [6.07, 6.45) is 2.83. The van der Waals surface area contributed by atoms with Gasteiger partial charge in [0.2, 0.25) is 5.91 Å². The van der Waals surface area contributed by atoms with Gasteiger partial charge in [-0.15, -0.1) is 0 Å². The summed E-state index contributed by atoms with van der Waals surface area (Å²) in [5.74, 6) is -0.663. The standard InChI is InChI=1S/C17H17N3O4S/c1-24-16(23)13-9-18-17(25-13)19-15(22)12-5-2-4-11(8-12)10-20-7-3-6-14(20)21/h2,4-5,8-9H,3,6-7,10H2,1H3,(H,18,19,22). The third-order valence-corrected chi connectivity index (χ3v) is 4.74. The molecule has 0 radical (unpaired) electrons. The van der Waals surface area contributed by atoms with Crippen LogP contribution in [0, 0.1) is 0 Å². The maximum absolute atomic E-state index is 12.4. The monoisotopic (exact) mass is 359 g/mol. The summed E-state index contributed by atoms with van der Waals surface area (Å²) in [6.45, 7) is 1.26. The van der Waals surface area contributed by atoms with Crippen molar-refractivity contribution in [3.05, 3.63) is 46.5 Å². The smallest absolute Gasteiger partial charge is 0.349 e. The van der Waals surface area contributed by atoms with Crippen LogP contribution in [0.3, 0.4) is 0 Å². The Labute approximate surface area is 148 Å². The van der Waals surface area contributed by atoms with Crippen LogP contribution in [0.15, 0.2) is 30.5 Å². The number of thiazole rings is 1. The van der Waals surface area contributed by atoms with Crippen LogP contribution in [-0.4, -0.2) is 41.3 Å². The van der Waals surface area contributed by atoms with Gasteiger partial charge in [0.1, 0.15) is 4.88 Å². The summed E-state index contributed by atoms with van der Waals surface area (Å²) >= 11 is 1.05. The third kappa shape index (κ3) is 4.03. The molecular formula is C17H17N3O4S. The highest BCUT2D eigenvalue weighted by atomic mass is 32.1. The quantitative estimate of drug-likeness (QED) is 0.828. The Morgan fingerprint density at radius 3 is 2.96 bits per heavy atom. The molecule has 1 N–H and O–H groups in total. The molecule has 1 aliphatic heterocycles. The van der Waals surface area contributed by atoms with Gasteiger partial charge in [-0.2, -0.15) is 0 Å². The molecule has 1 aromatic carbocycles. The lowest BCUT2D eigenvalue weighted by Gasteiger charge is -2.15. The number of nitrogens with one attached hydrogen (secondary N) is 1. The minimum Gasteiger partial charge on any atom is -0.465 e. The lowest BCUT2D eigenvalue weighted by Crippen LogP contribution is -2.24. The molecule has 3 rings (SSSR count). The molecule has 1 saturated heterocycles. The van der Waals surface area contributed by atoms with E-state index in [0.29, 0.717) is 28.5 Å². The number of carbonyl (C=O) groups is 3. The molecule has 2 heterocycles. The summed E-state index contributed by atoms with van der Waals surface area (Å²) in [5.41, 5.74) is 1.37. The van der Waals surface area contributed by atoms with Crippen LogP contribution in [-0.2, 0) is 16.1 Å². The fraction of sp³-hybridized carbons (Fsp3) is 0.294. The average Bonchev–Trinajstić information content (AvgIpc) is 3.24. The zero-order valence-corrected chi connectivity index (χ0v) is 14.5. The largest absolute Gasteiger partial charge is 0.465 e. The fourth-order valence-electron chi connectivity index (χ4n) is 2.60. The molecular weight excluding hydrogens is 342 g/mol. The summed E-state index contributed by atoms with van der Waals surface area (Å²) in [5, 5.41) is 2.99. The van der Waals surface area contributed by atoms with Crippen LogP contribution in [0.2, 0.25) is 0 Å². The molecule has 8 heteroatoms. The minimum atomic E-state index is -0.490. The van der Waals surface area contributed by atoms with E-state index in [-0.39, 0.29) is 11.8 Å². The van der Waals surface area contributed by atoms with Gasteiger partial charge in [-0.05, 0) is 24.1 Å². The molecule has 0 atom stereocenters. The molecule has 1 aliphatic rings. The number of hydrogen-bond donors (Lipinski definition) is 1. The molecule has 7 nitrogen and oxygen atoms in total. The van der Waals surface area contributed by atoms with Crippen molar-refractivity contribution in [3.8, 4) is 0 Å². The van der Waals surface area contributed by atoms with Crippen molar-refractivity contribution in [2.24, 2.45) is 0 Å². The van der Waals surface area contributed by atoms with E-state index >= 15 is 0 Å². The van der Waals surface area contributed by atoms with E-state index in [2.05, 4.69) is 15.0 Å². The first-order chi connectivity index (χ1) is 12.1. The van der Waals surface area contributed by atoms with Gasteiger partial charge in [0.15, 0.2) is 5.13 Å². The van der Waals surface area contributed by atoms with Gasteiger partial charge in [-0.1, -0.05) is 23.5 Å². The normalized spacial score (nSPS) is 13.8. The molecule has 0 unspecified atom stereocenters. The van der Waals surface area contributed by atoms with Gasteiger partial charge >= 0.3 is 5.97 Å². The Morgan fingerprint density at radius 2 is 2.24 bits per heavy atom. The number of nitrogens with zero attached hydrogens (tertiary/aromatic N) is 2. The SMILES string of the molecule is COC(=O)c1cnc(NC(=O)c2cccc(CN3CCCC3=O)c2)s1. The first-order valence-electron chi connectivity index (χ1n) is 7.79. The van der Waals surface area contributed by atoms with E-state index in [1.165, 1.54) is 13.3 Å². The van der Waals surface area contributed by atoms with Gasteiger partial charge in [0.05, 0.1) is 13.3 Å². The van der Waals surface area contributed by atoms with Crippen LogP contribution in [0.4, 0.5) is 5.13 Å². The number of anilines is 1. The molecule has 0 spiro atoms. The van der Waals surface area contributed by atoms with E-state index in [4.69, 9.17) is 0 Å². The highest BCUT2D eigenvalue weighted by Gasteiger charge is 2.20. The van der Waals surface area contributed by atoms with Gasteiger partial charge in [-0.25, -0.2) is 9.78 Å². The highest BCUT2D eigenvalue weighted by Crippen LogP contribution is 2.20. The average molecular weight is 359 g/mol. The van der Waals surface area contributed by atoms with Gasteiger partial charge in [-0.3, -0.25) is 14.9 Å². The molecule has 1 aromatic heterocycles. The number of ether oxygens (including phenoxy) is 1. The van der Waals surface area contributed by atoms with Crippen molar-refractivity contribution in [2.75, 3.05) is 19.0 Å². The van der Waals surface area contributed by atoms with Gasteiger partial charge in [0.25, 0.3) is 5.91 Å². The highest BCUT2D eigenvalue weighted by molar-refractivity contribution is 7.17. The van der Waals surface area contributed by atoms with E-state index in [1.54, 1.807) is 23.1 Å². The topological polar surface area (TPSA) is 88.6 Å². The molecule has 0 aliphatic carbocycles. The zero-order valence-electron chi connectivity index (χ0n) is 13.7. The fourth-order valence-corrected chi connectivity index (χ4v) is 3.33. The van der Waals surface area contributed by atoms with Crippen molar-refractivity contribution in [2.45, 2.75) is 19.4 Å². The molecule has 1 fully saturated rings. The molecule has 130 valence electrons. The predicted octanol–water partition coefficient (Wildman–Crippen LogP) is 2.30. The van der Waals surface area contributed by atoms with Crippen molar-refractivity contribution >= 4 is 34.3 Å². The van der Waals surface area contributed by atoms with Crippen LogP contribution in [0.25, 0.3) is 0 Å². The minimum absolute atomic E-state index is 0.146. The van der Waals surface area contributed by atoms with E-state index in [1.807, 2.05) is 6.07 Å². The number of rotatable bonds is 5. The van der Waals surface area contributed by atoms with Crippen LogP contribution < -0.4 is 5.32 Å². The number of carbonyl (C=O) groups excluding carboxylic acids is 3. The van der Waals surface area contributed by atoms with E-state index in [0.717, 1.165) is 29.9 Å². The zero-order chi connectivity index (χ0) is 17.8. The Balaban J connectivity index is 1.67. The predicted molar refractivity (Wildman–Crippen MR) is 92.5 cm³/mol. The molecule has 0 saturated carbocycles. The maximum atomic E-state index is 12.4. The molecule has 2 aromatic rings. The van der Waals surface area contributed by atoms with Crippen LogP contribution >= 0.6 is 11.3 Å². The Kier molecular flexibility index (Phi) is 5.08. The first-order valence-corrected chi connectivity index (χ1v) is 8.60. The van der Waals surface area contributed by atoms with Crippen LogP contribution in [0.1, 0.15) is 38.4 Å². The molecule has 2 amide bonds. The number of methoxy groups -OCH3 is 1. The van der Waals surface area contributed by atoms with Crippen molar-refractivity contribution in [3.63, 3.8) is 0 Å². The maximum Gasteiger partial charge on any atom is 0.349 e. The van der Waals surface area contributed by atoms with Gasteiger partial charge in [0, 0.05) is 25.1 Å². The third-order valence-electron chi connectivity index (χ3n) is 3.85. The summed E-state index contributed by atoms with van der Waals surface area (Å²) in [4.78, 5) is 41.6. The Hall–Kier alpha value is -2.74. The number of amides is 2. The Bertz CT molecular complexity index is 818. The second-order valence-corrected chi connectivity index (χ2v) is 6.63. The molecule has 0 bridgehead atoms. The van der Waals surface area contributed by atoms with Crippen LogP contribution in [0.5, 0.6) is 0 Å². The number of benzene rings is 1. The number of aromatic nitrogens is 1.